The summed E-state index contributed by atoms with van der Waals surface area (Å²) in [7, 11) is 0. The summed E-state index contributed by atoms with van der Waals surface area (Å²) in [4.78, 5) is 45.7. The van der Waals surface area contributed by atoms with E-state index in [2.05, 4.69) is 88.9 Å². The minimum Gasteiger partial charge on any atom is -0.461 e. The van der Waals surface area contributed by atoms with Crippen LogP contribution in [0.15, 0.2) is 127 Å². The van der Waals surface area contributed by atoms with Gasteiger partial charge in [0.1, 0.15) is 19.8 Å². The molecule has 10 heteroatoms. The molecule has 0 aromatic heterocycles. The van der Waals surface area contributed by atoms with Gasteiger partial charge < -0.3 is 24.6 Å². The third kappa shape index (κ3) is 9.50. The van der Waals surface area contributed by atoms with Crippen LogP contribution in [0.1, 0.15) is 34.1 Å². The summed E-state index contributed by atoms with van der Waals surface area (Å²) in [6.07, 6.45) is 2.91. The Morgan fingerprint density at radius 1 is 0.680 bits per heavy atom. The normalized spacial score (nSPS) is 11.6. The van der Waals surface area contributed by atoms with Gasteiger partial charge in [-0.2, -0.15) is 0 Å². The first kappa shape index (κ1) is 36.7. The Balaban J connectivity index is 0.000000190. The number of carbonyl (C=O) groups excluding carboxylic acids is 4. The van der Waals surface area contributed by atoms with E-state index in [1.54, 1.807) is 0 Å². The predicted octanol–water partition coefficient (Wildman–Crippen LogP) is 6.10. The van der Waals surface area contributed by atoms with Crippen molar-refractivity contribution in [3.8, 4) is 22.3 Å². The van der Waals surface area contributed by atoms with Crippen LogP contribution in [-0.4, -0.2) is 68.7 Å². The van der Waals surface area contributed by atoms with Crippen molar-refractivity contribution < 1.29 is 38.5 Å². The number of aliphatic imine (C=N–C) groups is 1. The smallest absolute Gasteiger partial charge is 0.407 e. The van der Waals surface area contributed by atoms with Crippen molar-refractivity contribution in [3.63, 3.8) is 0 Å². The van der Waals surface area contributed by atoms with Crippen molar-refractivity contribution in [3.05, 3.63) is 145 Å². The van der Waals surface area contributed by atoms with Crippen molar-refractivity contribution in [2.45, 2.75) is 11.8 Å². The molecular weight excluding hydrogens is 636 g/mol. The SMILES string of the molecule is C=CC(=O)OCCN=C=O.C=CC(=O)OCCNC(=O)OCC1c2ccccc2-c2ccccc21.OCC1c2ccccc2-c2ccccc21. The summed E-state index contributed by atoms with van der Waals surface area (Å²) in [5.41, 5.74) is 9.74. The van der Waals surface area contributed by atoms with Gasteiger partial charge >= 0.3 is 18.0 Å². The van der Waals surface area contributed by atoms with Crippen LogP contribution in [0.5, 0.6) is 0 Å². The number of esters is 2. The van der Waals surface area contributed by atoms with E-state index in [1.807, 2.05) is 36.4 Å². The number of aliphatic hydroxyl groups excluding tert-OH is 1. The van der Waals surface area contributed by atoms with Crippen LogP contribution in [-0.2, 0) is 28.6 Å². The Kier molecular flexibility index (Phi) is 14.0. The van der Waals surface area contributed by atoms with Crippen molar-refractivity contribution in [1.82, 2.24) is 5.32 Å². The first-order chi connectivity index (χ1) is 24.4. The standard InChI is InChI=1S/C20H19NO4.C14H12O.C6H7NO3/c1-2-19(22)24-12-11-21-20(23)25-13-18-16-9-5-3-7-14(16)15-8-4-6-10-17(15)18;15-9-14-12-7-3-1-5-10(12)11-6-2-4-8-13(11)14;1-2-6(9)10-4-3-7-5-8/h2-10,18H,1,11-13H2,(H,21,23);1-8,14-15H,9H2;2H,1,3-4H2. The fourth-order valence-electron chi connectivity index (χ4n) is 5.77. The maximum atomic E-state index is 11.8. The number of ether oxygens (including phenoxy) is 3. The minimum atomic E-state index is -0.531. The van der Waals surface area contributed by atoms with Gasteiger partial charge in [0.2, 0.25) is 6.08 Å². The van der Waals surface area contributed by atoms with Crippen LogP contribution >= 0.6 is 0 Å². The number of hydrogen-bond donors (Lipinski definition) is 2. The van der Waals surface area contributed by atoms with Gasteiger partial charge in [-0.25, -0.2) is 24.2 Å². The van der Waals surface area contributed by atoms with Crippen molar-refractivity contribution in [1.29, 1.82) is 0 Å². The number of isocyanates is 1. The molecule has 0 spiro atoms. The van der Waals surface area contributed by atoms with Crippen LogP contribution in [0.25, 0.3) is 22.3 Å². The molecule has 0 radical (unpaired) electrons. The lowest BCUT2D eigenvalue weighted by molar-refractivity contribution is -0.138. The van der Waals surface area contributed by atoms with Gasteiger partial charge in [-0.05, 0) is 44.5 Å². The number of aliphatic hydroxyl groups is 1. The quantitative estimate of drug-likeness (QED) is 0.0486. The molecule has 2 N–H and O–H groups in total. The van der Waals surface area contributed by atoms with Gasteiger partial charge in [-0.1, -0.05) is 110 Å². The van der Waals surface area contributed by atoms with Gasteiger partial charge in [-0.15, -0.1) is 0 Å². The third-order valence-electron chi connectivity index (χ3n) is 7.95. The van der Waals surface area contributed by atoms with Crippen LogP contribution in [0.2, 0.25) is 0 Å². The molecule has 0 aliphatic heterocycles. The van der Waals surface area contributed by atoms with E-state index < -0.39 is 18.0 Å². The van der Waals surface area contributed by atoms with E-state index in [9.17, 15) is 24.3 Å². The molecule has 2 aliphatic rings. The molecule has 6 rings (SSSR count). The first-order valence-electron chi connectivity index (χ1n) is 15.9. The molecule has 0 heterocycles. The lowest BCUT2D eigenvalue weighted by Gasteiger charge is -2.14. The molecule has 0 bridgehead atoms. The maximum absolute atomic E-state index is 11.8. The van der Waals surface area contributed by atoms with Crippen LogP contribution in [0, 0.1) is 0 Å². The first-order valence-corrected chi connectivity index (χ1v) is 15.9. The monoisotopic (exact) mass is 674 g/mol. The molecule has 1 amide bonds. The van der Waals surface area contributed by atoms with Gasteiger partial charge in [0.15, 0.2) is 0 Å². The third-order valence-corrected chi connectivity index (χ3v) is 7.95. The van der Waals surface area contributed by atoms with E-state index in [1.165, 1.54) is 39.5 Å². The Labute approximate surface area is 290 Å². The van der Waals surface area contributed by atoms with E-state index in [-0.39, 0.29) is 51.4 Å². The molecule has 2 aliphatic carbocycles. The highest BCUT2D eigenvalue weighted by molar-refractivity contribution is 5.82. The fraction of sp³-hybridized carbons (Fsp3) is 0.200. The lowest BCUT2D eigenvalue weighted by Crippen LogP contribution is -2.29. The zero-order chi connectivity index (χ0) is 35.7. The molecule has 0 saturated carbocycles. The van der Waals surface area contributed by atoms with Crippen molar-refractivity contribution >= 4 is 24.1 Å². The molecule has 256 valence electrons. The molecular formula is C40H38N2O8. The highest BCUT2D eigenvalue weighted by atomic mass is 16.6. The molecule has 4 aromatic carbocycles. The lowest BCUT2D eigenvalue weighted by atomic mass is 9.98. The number of alkyl carbamates (subject to hydrolysis) is 1. The molecule has 0 fully saturated rings. The summed E-state index contributed by atoms with van der Waals surface area (Å²) >= 11 is 0. The van der Waals surface area contributed by atoms with Gasteiger partial charge in [0.05, 0.1) is 19.7 Å². The minimum absolute atomic E-state index is 0.0248. The van der Waals surface area contributed by atoms with Gasteiger partial charge in [-0.3, -0.25) is 0 Å². The summed E-state index contributed by atoms with van der Waals surface area (Å²) in [6.45, 7) is 7.44. The van der Waals surface area contributed by atoms with E-state index in [4.69, 9.17) is 9.47 Å². The predicted molar refractivity (Wildman–Crippen MR) is 189 cm³/mol. The van der Waals surface area contributed by atoms with E-state index >= 15 is 0 Å². The molecule has 0 saturated heterocycles. The average Bonchev–Trinajstić information content (AvgIpc) is 3.67. The zero-order valence-corrected chi connectivity index (χ0v) is 27.5. The van der Waals surface area contributed by atoms with Gasteiger partial charge in [0.25, 0.3) is 0 Å². The number of carbonyl (C=O) groups is 3. The van der Waals surface area contributed by atoms with E-state index in [0.717, 1.165) is 23.3 Å². The number of rotatable bonds is 11. The second kappa shape index (κ2) is 19.0. The van der Waals surface area contributed by atoms with Crippen LogP contribution < -0.4 is 5.32 Å². The second-order valence-electron chi connectivity index (χ2n) is 10.9. The Morgan fingerprint density at radius 2 is 1.10 bits per heavy atom. The number of amides is 1. The molecule has 0 unspecified atom stereocenters. The highest BCUT2D eigenvalue weighted by Crippen LogP contribution is 2.45. The van der Waals surface area contributed by atoms with E-state index in [0.29, 0.717) is 0 Å². The second-order valence-corrected chi connectivity index (χ2v) is 10.9. The van der Waals surface area contributed by atoms with Crippen LogP contribution in [0.4, 0.5) is 4.79 Å². The molecule has 0 atom stereocenters. The zero-order valence-electron chi connectivity index (χ0n) is 27.5. The fourth-order valence-corrected chi connectivity index (χ4v) is 5.77. The maximum Gasteiger partial charge on any atom is 0.407 e. The highest BCUT2D eigenvalue weighted by Gasteiger charge is 2.29. The Hall–Kier alpha value is -6.09. The number of nitrogens with zero attached hydrogens (tertiary/aromatic N) is 1. The number of fused-ring (bicyclic) bond motifs is 6. The number of hydrogen-bond acceptors (Lipinski definition) is 9. The summed E-state index contributed by atoms with van der Waals surface area (Å²) in [5.74, 6) is -0.843. The number of benzene rings is 4. The number of nitrogens with one attached hydrogen (secondary N) is 1. The van der Waals surface area contributed by atoms with Crippen LogP contribution in [0.3, 0.4) is 0 Å². The summed E-state index contributed by atoms with van der Waals surface area (Å²) in [5, 5.41) is 12.0. The van der Waals surface area contributed by atoms with Gasteiger partial charge in [0, 0.05) is 24.0 Å². The molecule has 4 aromatic rings. The molecule has 10 nitrogen and oxygen atoms in total. The summed E-state index contributed by atoms with van der Waals surface area (Å²) < 4.78 is 14.6. The average molecular weight is 675 g/mol. The van der Waals surface area contributed by atoms with Crippen molar-refractivity contribution in [2.24, 2.45) is 4.99 Å². The summed E-state index contributed by atoms with van der Waals surface area (Å²) in [6, 6.07) is 33.0. The topological polar surface area (TPSA) is 141 Å². The molecule has 50 heavy (non-hydrogen) atoms. The Morgan fingerprint density at radius 3 is 1.52 bits per heavy atom. The van der Waals surface area contributed by atoms with Crippen molar-refractivity contribution in [2.75, 3.05) is 39.5 Å². The largest absolute Gasteiger partial charge is 0.461 e. The Bertz CT molecular complexity index is 1770.